The third kappa shape index (κ3) is 5.55. The summed E-state index contributed by atoms with van der Waals surface area (Å²) in [6.45, 7) is 1.09. The molecule has 3 aromatic rings. The zero-order chi connectivity index (χ0) is 17.5. The average Bonchev–Trinajstić information content (AvgIpc) is 3.10. The van der Waals surface area contributed by atoms with Crippen LogP contribution < -0.4 is 4.74 Å². The highest BCUT2D eigenvalue weighted by Gasteiger charge is 2.10. The Morgan fingerprint density at radius 3 is 2.84 bits per heavy atom. The van der Waals surface area contributed by atoms with Crippen molar-refractivity contribution in [2.24, 2.45) is 0 Å². The molecule has 1 aromatic carbocycles. The number of hydrogen-bond acceptors (Lipinski definition) is 7. The number of benzene rings is 1. The van der Waals surface area contributed by atoms with Crippen molar-refractivity contribution < 1.29 is 14.6 Å². The molecular formula is C17H17ClN2O3S2. The van der Waals surface area contributed by atoms with Gasteiger partial charge in [0.1, 0.15) is 23.7 Å². The summed E-state index contributed by atoms with van der Waals surface area (Å²) in [5.74, 6) is 1.26. The fourth-order valence-electron chi connectivity index (χ4n) is 2.06. The molecule has 0 fully saturated rings. The Morgan fingerprint density at radius 1 is 1.16 bits per heavy atom. The van der Waals surface area contributed by atoms with E-state index in [1.165, 1.54) is 11.8 Å². The molecule has 8 heteroatoms. The summed E-state index contributed by atoms with van der Waals surface area (Å²) in [6, 6.07) is 9.13. The van der Waals surface area contributed by atoms with E-state index in [1.807, 2.05) is 11.4 Å². The zero-order valence-electron chi connectivity index (χ0n) is 13.3. The van der Waals surface area contributed by atoms with Gasteiger partial charge in [-0.1, -0.05) is 11.6 Å². The first-order valence-electron chi connectivity index (χ1n) is 7.67. The predicted molar refractivity (Wildman–Crippen MR) is 102 cm³/mol. The van der Waals surface area contributed by atoms with E-state index in [9.17, 15) is 5.11 Å². The second kappa shape index (κ2) is 9.35. The van der Waals surface area contributed by atoms with Gasteiger partial charge >= 0.3 is 0 Å². The van der Waals surface area contributed by atoms with Crippen LogP contribution in [0.3, 0.4) is 0 Å². The molecule has 5 nitrogen and oxygen atoms in total. The topological polar surface area (TPSA) is 64.5 Å². The zero-order valence-corrected chi connectivity index (χ0v) is 15.7. The van der Waals surface area contributed by atoms with Gasteiger partial charge in [0.25, 0.3) is 0 Å². The second-order valence-corrected chi connectivity index (χ2v) is 7.52. The van der Waals surface area contributed by atoms with Crippen LogP contribution >= 0.6 is 34.7 Å². The van der Waals surface area contributed by atoms with Crippen LogP contribution in [0, 0.1) is 0 Å². The minimum absolute atomic E-state index is 0.260. The molecule has 1 unspecified atom stereocenters. The van der Waals surface area contributed by atoms with E-state index in [2.05, 4.69) is 9.97 Å². The number of aromatic nitrogens is 2. The van der Waals surface area contributed by atoms with E-state index in [-0.39, 0.29) is 6.61 Å². The lowest BCUT2D eigenvalue weighted by Crippen LogP contribution is -2.20. The highest BCUT2D eigenvalue weighted by Crippen LogP contribution is 2.28. The Labute approximate surface area is 159 Å². The van der Waals surface area contributed by atoms with Gasteiger partial charge in [0.2, 0.25) is 0 Å². The first-order valence-corrected chi connectivity index (χ1v) is 9.92. The molecule has 3 rings (SSSR count). The van der Waals surface area contributed by atoms with E-state index in [0.29, 0.717) is 24.0 Å². The first kappa shape index (κ1) is 18.4. The maximum atomic E-state index is 10.0. The standard InChI is InChI=1S/C17H17ClN2O3S2/c18-12-1-3-14(4-2-12)23-7-6-22-9-13(21)10-25-17-16-15(5-8-24-16)19-11-20-17/h1-5,8,11,13,21H,6-7,9-10H2. The van der Waals surface area contributed by atoms with E-state index < -0.39 is 6.10 Å². The molecule has 0 aliphatic rings. The van der Waals surface area contributed by atoms with Crippen molar-refractivity contribution in [1.82, 2.24) is 9.97 Å². The van der Waals surface area contributed by atoms with Crippen LogP contribution in [0.2, 0.25) is 5.02 Å². The molecule has 2 aromatic heterocycles. The molecule has 1 N–H and O–H groups in total. The molecule has 0 amide bonds. The minimum atomic E-state index is -0.564. The summed E-state index contributed by atoms with van der Waals surface area (Å²) in [4.78, 5) is 8.49. The Morgan fingerprint density at radius 2 is 2.00 bits per heavy atom. The average molecular weight is 397 g/mol. The quantitative estimate of drug-likeness (QED) is 0.336. The molecule has 0 aliphatic carbocycles. The molecule has 0 saturated heterocycles. The summed E-state index contributed by atoms with van der Waals surface area (Å²) in [7, 11) is 0. The van der Waals surface area contributed by atoms with Crippen LogP contribution in [0.25, 0.3) is 10.2 Å². The number of nitrogens with zero attached hydrogens (tertiary/aromatic N) is 2. The van der Waals surface area contributed by atoms with Crippen molar-refractivity contribution in [3.05, 3.63) is 47.1 Å². The number of ether oxygens (including phenoxy) is 2. The van der Waals surface area contributed by atoms with E-state index in [1.54, 1.807) is 41.9 Å². The molecule has 2 heterocycles. The van der Waals surface area contributed by atoms with Crippen LogP contribution in [-0.4, -0.2) is 46.8 Å². The molecule has 0 bridgehead atoms. The first-order chi connectivity index (χ1) is 12.2. The lowest BCUT2D eigenvalue weighted by molar-refractivity contribution is 0.0348. The van der Waals surface area contributed by atoms with Crippen LogP contribution in [0.5, 0.6) is 5.75 Å². The van der Waals surface area contributed by atoms with Gasteiger partial charge < -0.3 is 14.6 Å². The van der Waals surface area contributed by atoms with Crippen molar-refractivity contribution in [2.75, 3.05) is 25.6 Å². The third-order valence-corrected chi connectivity index (χ3v) is 5.67. The van der Waals surface area contributed by atoms with Crippen LogP contribution in [0.1, 0.15) is 0 Å². The monoisotopic (exact) mass is 396 g/mol. The van der Waals surface area contributed by atoms with Crippen molar-refractivity contribution in [1.29, 1.82) is 0 Å². The number of thioether (sulfide) groups is 1. The molecule has 1 atom stereocenters. The van der Waals surface area contributed by atoms with Crippen LogP contribution in [0.15, 0.2) is 47.1 Å². The van der Waals surface area contributed by atoms with Crippen molar-refractivity contribution >= 4 is 44.9 Å². The number of aliphatic hydroxyl groups excluding tert-OH is 1. The predicted octanol–water partition coefficient (Wildman–Crippen LogP) is 3.89. The maximum Gasteiger partial charge on any atom is 0.119 e. The number of thiophene rings is 1. The van der Waals surface area contributed by atoms with Gasteiger partial charge in [-0.15, -0.1) is 23.1 Å². The summed E-state index contributed by atoms with van der Waals surface area (Å²) < 4.78 is 12.0. The van der Waals surface area contributed by atoms with Gasteiger partial charge in [-0.2, -0.15) is 0 Å². The van der Waals surface area contributed by atoms with Gasteiger partial charge in [-0.05, 0) is 35.7 Å². The number of halogens is 1. The Bertz CT molecular complexity index is 798. The van der Waals surface area contributed by atoms with Crippen LogP contribution in [0.4, 0.5) is 0 Å². The number of fused-ring (bicyclic) bond motifs is 1. The lowest BCUT2D eigenvalue weighted by atomic mass is 10.3. The molecule has 0 saturated carbocycles. The number of rotatable bonds is 9. The number of hydrogen-bond donors (Lipinski definition) is 1. The fourth-order valence-corrected chi connectivity index (χ4v) is 4.04. The van der Waals surface area contributed by atoms with Crippen LogP contribution in [-0.2, 0) is 4.74 Å². The molecule has 0 spiro atoms. The maximum absolute atomic E-state index is 10.0. The minimum Gasteiger partial charge on any atom is -0.491 e. The smallest absolute Gasteiger partial charge is 0.119 e. The molecule has 132 valence electrons. The summed E-state index contributed by atoms with van der Waals surface area (Å²) >= 11 is 8.93. The molecule has 0 aliphatic heterocycles. The molecular weight excluding hydrogens is 380 g/mol. The van der Waals surface area contributed by atoms with Gasteiger partial charge in [-0.25, -0.2) is 9.97 Å². The van der Waals surface area contributed by atoms with Crippen molar-refractivity contribution in [3.8, 4) is 5.75 Å². The molecule has 25 heavy (non-hydrogen) atoms. The third-order valence-electron chi connectivity index (χ3n) is 3.24. The van der Waals surface area contributed by atoms with Gasteiger partial charge in [0.05, 0.1) is 29.5 Å². The summed E-state index contributed by atoms with van der Waals surface area (Å²) in [6.07, 6.45) is 0.986. The summed E-state index contributed by atoms with van der Waals surface area (Å²) in [5.41, 5.74) is 0.938. The normalized spacial score (nSPS) is 12.4. The Kier molecular flexibility index (Phi) is 6.89. The molecule has 0 radical (unpaired) electrons. The van der Waals surface area contributed by atoms with Gasteiger partial charge in [-0.3, -0.25) is 0 Å². The number of aliphatic hydroxyl groups is 1. The van der Waals surface area contributed by atoms with E-state index in [0.717, 1.165) is 21.0 Å². The highest BCUT2D eigenvalue weighted by molar-refractivity contribution is 7.99. The van der Waals surface area contributed by atoms with Gasteiger partial charge in [0, 0.05) is 10.8 Å². The SMILES string of the molecule is OC(COCCOc1ccc(Cl)cc1)CSc1ncnc2ccsc12. The Hall–Kier alpha value is -1.38. The van der Waals surface area contributed by atoms with Gasteiger partial charge in [0.15, 0.2) is 0 Å². The lowest BCUT2D eigenvalue weighted by Gasteiger charge is -2.11. The largest absolute Gasteiger partial charge is 0.491 e. The van der Waals surface area contributed by atoms with Crippen molar-refractivity contribution in [2.45, 2.75) is 11.1 Å². The van der Waals surface area contributed by atoms with E-state index in [4.69, 9.17) is 21.1 Å². The highest BCUT2D eigenvalue weighted by atomic mass is 35.5. The fraction of sp³-hybridized carbons (Fsp3) is 0.294. The summed E-state index contributed by atoms with van der Waals surface area (Å²) in [5, 5.41) is 13.6. The Balaban J connectivity index is 1.33. The second-order valence-electron chi connectivity index (χ2n) is 5.16. The van der Waals surface area contributed by atoms with Crippen molar-refractivity contribution in [3.63, 3.8) is 0 Å². The van der Waals surface area contributed by atoms with E-state index >= 15 is 0 Å².